The van der Waals surface area contributed by atoms with Crippen LogP contribution in [0.15, 0.2) is 99.2 Å². The second-order valence-electron chi connectivity index (χ2n) is 13.0. The summed E-state index contributed by atoms with van der Waals surface area (Å²) in [6, 6.07) is 24.8. The number of thioether (sulfide) groups is 1. The van der Waals surface area contributed by atoms with E-state index in [1.807, 2.05) is 60.7 Å². The second kappa shape index (κ2) is 11.7. The Morgan fingerprint density at radius 3 is 2.49 bits per heavy atom. The summed E-state index contributed by atoms with van der Waals surface area (Å²) < 4.78 is 20.8. The van der Waals surface area contributed by atoms with Crippen molar-refractivity contribution in [1.82, 2.24) is 4.98 Å². The Labute approximate surface area is 296 Å². The monoisotopic (exact) mass is 755 g/mol. The fourth-order valence-electron chi connectivity index (χ4n) is 8.71. The number of hydrogen-bond acceptors (Lipinski definition) is 7. The highest BCUT2D eigenvalue weighted by Gasteiger charge is 2.69. The summed E-state index contributed by atoms with van der Waals surface area (Å²) in [4.78, 5) is 58.8. The van der Waals surface area contributed by atoms with Crippen LogP contribution < -0.4 is 19.8 Å². The van der Waals surface area contributed by atoms with Crippen LogP contribution in [0.1, 0.15) is 22.8 Å². The molecule has 4 unspecified atom stereocenters. The van der Waals surface area contributed by atoms with Crippen molar-refractivity contribution in [3.05, 3.63) is 115 Å². The minimum absolute atomic E-state index is 0.0260. The molecule has 2 saturated carbocycles. The highest BCUT2D eigenvalue weighted by atomic mass is 79.9. The molecule has 2 aliphatic carbocycles. The van der Waals surface area contributed by atoms with Crippen LogP contribution in [0.25, 0.3) is 10.8 Å². The first-order chi connectivity index (χ1) is 23.7. The molecule has 1 aromatic heterocycles. The molecule has 4 aliphatic rings. The lowest BCUT2D eigenvalue weighted by molar-refractivity contribution is -0.123. The van der Waals surface area contributed by atoms with Gasteiger partial charge in [-0.1, -0.05) is 57.6 Å². The number of aromatic nitrogens is 1. The summed E-state index contributed by atoms with van der Waals surface area (Å²) in [5, 5.41) is 5.77. The molecule has 5 aromatic rings. The largest absolute Gasteiger partial charge is 0.483 e. The molecule has 3 fully saturated rings. The maximum absolute atomic E-state index is 14.0. The molecule has 7 atom stereocenters. The van der Waals surface area contributed by atoms with Crippen LogP contribution in [-0.2, 0) is 14.4 Å². The van der Waals surface area contributed by atoms with E-state index in [0.717, 1.165) is 48.5 Å². The van der Waals surface area contributed by atoms with E-state index in [1.165, 1.54) is 29.2 Å². The smallest absolute Gasteiger partial charge is 0.305 e. The molecular weight excluding hydrogens is 729 g/mol. The van der Waals surface area contributed by atoms with Crippen molar-refractivity contribution >= 4 is 78.9 Å². The third-order valence-electron chi connectivity index (χ3n) is 10.5. The van der Waals surface area contributed by atoms with Crippen LogP contribution in [0.3, 0.4) is 0 Å². The molecule has 49 heavy (non-hydrogen) atoms. The number of nitrogens with one attached hydrogen (secondary N) is 2. The molecule has 12 heteroatoms. The van der Waals surface area contributed by atoms with Gasteiger partial charge >= 0.3 is 4.87 Å². The highest BCUT2D eigenvalue weighted by Crippen LogP contribution is 2.69. The lowest BCUT2D eigenvalue weighted by Crippen LogP contribution is -2.42. The van der Waals surface area contributed by atoms with Gasteiger partial charge in [-0.05, 0) is 89.5 Å². The van der Waals surface area contributed by atoms with Crippen LogP contribution in [0.4, 0.5) is 15.8 Å². The number of thiazole rings is 1. The molecule has 2 aliphatic heterocycles. The van der Waals surface area contributed by atoms with Gasteiger partial charge in [0.2, 0.25) is 11.8 Å². The van der Waals surface area contributed by atoms with Gasteiger partial charge < -0.3 is 15.0 Å². The van der Waals surface area contributed by atoms with E-state index >= 15 is 0 Å². The van der Waals surface area contributed by atoms with Crippen molar-refractivity contribution in [1.29, 1.82) is 0 Å². The molecule has 2 N–H and O–H groups in total. The number of nitrogens with zero attached hydrogens (tertiary/aromatic N) is 1. The molecule has 3 amide bonds. The highest BCUT2D eigenvalue weighted by molar-refractivity contribution is 9.10. The molecule has 8 nitrogen and oxygen atoms in total. The molecule has 246 valence electrons. The number of imide groups is 1. The van der Waals surface area contributed by atoms with Gasteiger partial charge in [-0.15, -0.1) is 11.8 Å². The second-order valence-corrected chi connectivity index (χ2v) is 16.1. The normalized spacial score (nSPS) is 26.5. The van der Waals surface area contributed by atoms with Gasteiger partial charge in [-0.25, -0.2) is 4.39 Å². The Morgan fingerprint density at radius 2 is 1.69 bits per heavy atom. The first-order valence-corrected chi connectivity index (χ1v) is 18.5. The minimum atomic E-state index is -0.506. The van der Waals surface area contributed by atoms with Crippen LogP contribution >= 0.6 is 39.0 Å². The number of amides is 3. The van der Waals surface area contributed by atoms with Crippen molar-refractivity contribution < 1.29 is 23.5 Å². The van der Waals surface area contributed by atoms with Gasteiger partial charge in [0, 0.05) is 31.8 Å². The molecule has 9 rings (SSSR count). The summed E-state index contributed by atoms with van der Waals surface area (Å²) in [7, 11) is 0. The lowest BCUT2D eigenvalue weighted by atomic mass is 9.68. The van der Waals surface area contributed by atoms with E-state index in [9.17, 15) is 23.6 Å². The van der Waals surface area contributed by atoms with Crippen LogP contribution in [0.2, 0.25) is 0 Å². The van der Waals surface area contributed by atoms with Crippen LogP contribution in [0, 0.1) is 35.4 Å². The molecular formula is C37H27BrFN3O5S2. The van der Waals surface area contributed by atoms with Crippen molar-refractivity contribution in [3.63, 3.8) is 0 Å². The Balaban J connectivity index is 1.04. The molecule has 2 bridgehead atoms. The fourth-order valence-corrected chi connectivity index (χ4v) is 12.0. The van der Waals surface area contributed by atoms with Gasteiger partial charge in [-0.2, -0.15) is 0 Å². The summed E-state index contributed by atoms with van der Waals surface area (Å²) >= 11 is 6.38. The maximum atomic E-state index is 14.0. The van der Waals surface area contributed by atoms with E-state index < -0.39 is 17.7 Å². The molecule has 3 heterocycles. The molecule has 1 saturated heterocycles. The van der Waals surface area contributed by atoms with Crippen molar-refractivity contribution in [2.75, 3.05) is 16.8 Å². The predicted octanol–water partition coefficient (Wildman–Crippen LogP) is 7.19. The van der Waals surface area contributed by atoms with Gasteiger partial charge in [0.25, 0.3) is 5.91 Å². The van der Waals surface area contributed by atoms with E-state index in [0.29, 0.717) is 17.1 Å². The Hall–Kier alpha value is -4.26. The molecule has 0 radical (unpaired) electrons. The molecule has 4 aromatic carbocycles. The van der Waals surface area contributed by atoms with E-state index in [4.69, 9.17) is 4.74 Å². The number of anilines is 2. The maximum Gasteiger partial charge on any atom is 0.305 e. The van der Waals surface area contributed by atoms with Gasteiger partial charge in [0.15, 0.2) is 6.61 Å². The number of halogens is 2. The van der Waals surface area contributed by atoms with Crippen molar-refractivity contribution in [2.24, 2.45) is 29.6 Å². The number of rotatable bonds is 6. The van der Waals surface area contributed by atoms with E-state index in [1.54, 1.807) is 11.8 Å². The zero-order valence-electron chi connectivity index (χ0n) is 25.6. The van der Waals surface area contributed by atoms with Gasteiger partial charge in [0.05, 0.1) is 22.5 Å². The number of aromatic amines is 1. The topological polar surface area (TPSA) is 109 Å². The quantitative estimate of drug-likeness (QED) is 0.178. The van der Waals surface area contributed by atoms with E-state index in [-0.39, 0.29) is 58.1 Å². The van der Waals surface area contributed by atoms with Crippen molar-refractivity contribution in [3.8, 4) is 5.75 Å². The minimum Gasteiger partial charge on any atom is -0.483 e. The number of carbonyl (C=O) groups is 3. The van der Waals surface area contributed by atoms with Crippen LogP contribution in [0.5, 0.6) is 5.75 Å². The first kappa shape index (κ1) is 30.8. The third kappa shape index (κ3) is 4.98. The van der Waals surface area contributed by atoms with E-state index in [2.05, 4.69) is 26.2 Å². The summed E-state index contributed by atoms with van der Waals surface area (Å²) in [5.41, 5.74) is 1.86. The number of fused-ring (bicyclic) bond motifs is 10. The Morgan fingerprint density at radius 1 is 0.939 bits per heavy atom. The van der Waals surface area contributed by atoms with Gasteiger partial charge in [-0.3, -0.25) is 24.1 Å². The Bertz CT molecular complexity index is 2260. The van der Waals surface area contributed by atoms with Gasteiger partial charge in [0.1, 0.15) is 11.6 Å². The van der Waals surface area contributed by atoms with Crippen molar-refractivity contribution in [2.45, 2.75) is 22.6 Å². The average molecular weight is 757 g/mol. The fraction of sp³-hybridized carbons (Fsp3) is 0.243. The number of ether oxygens (including phenoxy) is 1. The number of carbonyl (C=O) groups excluding carboxylic acids is 3. The average Bonchev–Trinajstić information content (AvgIpc) is 3.83. The summed E-state index contributed by atoms with van der Waals surface area (Å²) in [6.45, 7) is -0.233. The molecule has 0 spiro atoms. The zero-order chi connectivity index (χ0) is 33.6. The summed E-state index contributed by atoms with van der Waals surface area (Å²) in [6.07, 6.45) is 0.723. The lowest BCUT2D eigenvalue weighted by Gasteiger charge is -2.43. The Kier molecular flexibility index (Phi) is 7.33. The first-order valence-electron chi connectivity index (χ1n) is 16.0. The summed E-state index contributed by atoms with van der Waals surface area (Å²) in [5.74, 6) is -2.27. The number of H-pyrrole nitrogens is 1. The number of benzene rings is 4. The SMILES string of the molecule is O=C(COc1ccc(Br)cc1[C@H]1c2sc(=O)[nH]c2SC2C1[C@H]1C[C@@H]2C2C(=O)N(c3ccc(F)cc3)C(=O)C21)Nc1ccc2ccccc2c1. The third-order valence-corrected chi connectivity index (χ3v) is 13.6. The standard InChI is InChI=1S/C37H27BrFN3O5S2/c38-19-6-12-26(47-16-27(43)40-21-9-5-17-3-1-2-4-18(17)13-21)23(14-19)28-29-24-15-25(32(29)48-34-33(28)49-37(46)41-34)31-30(24)35(44)42(36(31)45)22-10-7-20(39)8-11-22/h1-14,24-25,28-32H,15-16H2,(H,40,43)(H,41,46)/t24-,25-,28-,29?,30?,31?,32?/m1/s1. The zero-order valence-corrected chi connectivity index (χ0v) is 28.8. The van der Waals surface area contributed by atoms with Crippen LogP contribution in [-0.4, -0.2) is 34.6 Å². The predicted molar refractivity (Wildman–Crippen MR) is 190 cm³/mol. The number of hydrogen-bond donors (Lipinski definition) is 2.